The van der Waals surface area contributed by atoms with Gasteiger partial charge < -0.3 is 11.1 Å². The third kappa shape index (κ3) is 4.33. The van der Waals surface area contributed by atoms with Crippen LogP contribution in [0.4, 0.5) is 5.69 Å². The Hall–Kier alpha value is -1.95. The van der Waals surface area contributed by atoms with E-state index < -0.39 is 11.0 Å². The maximum Gasteiger partial charge on any atom is 0.269 e. The fourth-order valence-corrected chi connectivity index (χ4v) is 1.60. The summed E-state index contributed by atoms with van der Waals surface area (Å²) in [5.74, 6) is -0.133. The van der Waals surface area contributed by atoms with Gasteiger partial charge in [0.25, 0.3) is 5.69 Å². The van der Waals surface area contributed by atoms with E-state index in [0.717, 1.165) is 6.42 Å². The summed E-state index contributed by atoms with van der Waals surface area (Å²) in [6.07, 6.45) is 0.825. The minimum atomic E-state index is -0.552. The smallest absolute Gasteiger partial charge is 0.269 e. The van der Waals surface area contributed by atoms with Gasteiger partial charge in [-0.2, -0.15) is 0 Å². The molecule has 0 heterocycles. The van der Waals surface area contributed by atoms with Crippen LogP contribution < -0.4 is 11.1 Å². The monoisotopic (exact) mass is 265 g/mol. The van der Waals surface area contributed by atoms with E-state index in [4.69, 9.17) is 5.73 Å². The Morgan fingerprint density at radius 3 is 2.79 bits per heavy atom. The number of nitro groups is 1. The molecule has 0 spiro atoms. The average molecular weight is 265 g/mol. The van der Waals surface area contributed by atoms with Crippen molar-refractivity contribution in [3.63, 3.8) is 0 Å². The lowest BCUT2D eigenvalue weighted by molar-refractivity contribution is -0.384. The standard InChI is InChI=1S/C13H19N3O3/c1-3-9(2)12(14)13(17)15-8-10-5-4-6-11(7-10)16(18)19/h4-7,9,12H,3,8,14H2,1-2H3,(H,15,17)/t9-,12-/m0/s1. The van der Waals surface area contributed by atoms with Gasteiger partial charge in [0.05, 0.1) is 11.0 Å². The Bertz CT molecular complexity index is 462. The number of amides is 1. The molecule has 0 radical (unpaired) electrons. The van der Waals surface area contributed by atoms with E-state index in [9.17, 15) is 14.9 Å². The summed E-state index contributed by atoms with van der Waals surface area (Å²) in [5, 5.41) is 13.3. The summed E-state index contributed by atoms with van der Waals surface area (Å²) in [6.45, 7) is 4.13. The van der Waals surface area contributed by atoms with E-state index in [-0.39, 0.29) is 24.1 Å². The van der Waals surface area contributed by atoms with Crippen LogP contribution in [0.2, 0.25) is 0 Å². The van der Waals surface area contributed by atoms with Crippen molar-refractivity contribution >= 4 is 11.6 Å². The molecule has 1 aromatic rings. The molecule has 1 amide bonds. The summed E-state index contributed by atoms with van der Waals surface area (Å²) in [6, 6.07) is 5.62. The van der Waals surface area contributed by atoms with Crippen molar-refractivity contribution in [2.75, 3.05) is 0 Å². The third-order valence-electron chi connectivity index (χ3n) is 3.15. The molecule has 2 atom stereocenters. The van der Waals surface area contributed by atoms with E-state index >= 15 is 0 Å². The number of nitro benzene ring substituents is 1. The molecule has 0 saturated heterocycles. The molecule has 104 valence electrons. The lowest BCUT2D eigenvalue weighted by Gasteiger charge is -2.17. The Balaban J connectivity index is 2.59. The largest absolute Gasteiger partial charge is 0.351 e. The number of benzene rings is 1. The first kappa shape index (κ1) is 15.1. The molecule has 6 nitrogen and oxygen atoms in total. The first-order valence-corrected chi connectivity index (χ1v) is 6.22. The van der Waals surface area contributed by atoms with E-state index in [1.54, 1.807) is 12.1 Å². The molecule has 0 fully saturated rings. The lowest BCUT2D eigenvalue weighted by Crippen LogP contribution is -2.44. The van der Waals surface area contributed by atoms with Crippen LogP contribution in [-0.2, 0) is 11.3 Å². The number of carbonyl (C=O) groups is 1. The molecule has 0 bridgehead atoms. The second-order valence-corrected chi connectivity index (χ2v) is 4.56. The summed E-state index contributed by atoms with van der Waals surface area (Å²) < 4.78 is 0. The van der Waals surface area contributed by atoms with Crippen molar-refractivity contribution in [2.24, 2.45) is 11.7 Å². The molecule has 0 aromatic heterocycles. The molecule has 0 aliphatic carbocycles. The molecule has 0 aliphatic heterocycles. The van der Waals surface area contributed by atoms with Crippen molar-refractivity contribution in [2.45, 2.75) is 32.9 Å². The zero-order valence-electron chi connectivity index (χ0n) is 11.1. The highest BCUT2D eigenvalue weighted by atomic mass is 16.6. The molecule has 0 saturated carbocycles. The van der Waals surface area contributed by atoms with Crippen molar-refractivity contribution in [3.05, 3.63) is 39.9 Å². The van der Waals surface area contributed by atoms with Crippen molar-refractivity contribution < 1.29 is 9.72 Å². The second kappa shape index (κ2) is 6.84. The fourth-order valence-electron chi connectivity index (χ4n) is 1.60. The maximum absolute atomic E-state index is 11.8. The first-order chi connectivity index (χ1) is 8.95. The van der Waals surface area contributed by atoms with Crippen LogP contribution in [0.15, 0.2) is 24.3 Å². The maximum atomic E-state index is 11.8. The molecular weight excluding hydrogens is 246 g/mol. The molecule has 19 heavy (non-hydrogen) atoms. The van der Waals surface area contributed by atoms with Crippen molar-refractivity contribution in [3.8, 4) is 0 Å². The topological polar surface area (TPSA) is 98.3 Å². The van der Waals surface area contributed by atoms with Gasteiger partial charge in [-0.25, -0.2) is 0 Å². The SMILES string of the molecule is CC[C@H](C)[C@H](N)C(=O)NCc1cccc([N+](=O)[O-])c1. The van der Waals surface area contributed by atoms with Crippen LogP contribution in [0, 0.1) is 16.0 Å². The van der Waals surface area contributed by atoms with Gasteiger partial charge in [0, 0.05) is 18.7 Å². The summed E-state index contributed by atoms with van der Waals surface area (Å²) >= 11 is 0. The molecule has 1 aromatic carbocycles. The van der Waals surface area contributed by atoms with E-state index in [1.165, 1.54) is 12.1 Å². The van der Waals surface area contributed by atoms with Crippen molar-refractivity contribution in [1.29, 1.82) is 0 Å². The van der Waals surface area contributed by atoms with Crippen LogP contribution in [0.3, 0.4) is 0 Å². The van der Waals surface area contributed by atoms with Gasteiger partial charge in [-0.15, -0.1) is 0 Å². The fraction of sp³-hybridized carbons (Fsp3) is 0.462. The Morgan fingerprint density at radius 1 is 1.53 bits per heavy atom. The minimum Gasteiger partial charge on any atom is -0.351 e. The van der Waals surface area contributed by atoms with Gasteiger partial charge in [-0.05, 0) is 11.5 Å². The summed E-state index contributed by atoms with van der Waals surface area (Å²) in [7, 11) is 0. The predicted octanol–water partition coefficient (Wildman–Crippen LogP) is 1.58. The molecule has 0 aliphatic rings. The normalized spacial score (nSPS) is 13.6. The highest BCUT2D eigenvalue weighted by Crippen LogP contribution is 2.13. The average Bonchev–Trinajstić information content (AvgIpc) is 2.43. The Kier molecular flexibility index (Phi) is 5.44. The number of hydrogen-bond donors (Lipinski definition) is 2. The minimum absolute atomic E-state index is 0.0120. The van der Waals surface area contributed by atoms with Gasteiger partial charge in [-0.1, -0.05) is 32.4 Å². The zero-order chi connectivity index (χ0) is 14.4. The number of hydrogen-bond acceptors (Lipinski definition) is 4. The highest BCUT2D eigenvalue weighted by Gasteiger charge is 2.19. The van der Waals surface area contributed by atoms with E-state index in [1.807, 2.05) is 13.8 Å². The Labute approximate surface area is 112 Å². The third-order valence-corrected chi connectivity index (χ3v) is 3.15. The number of carbonyl (C=O) groups excluding carboxylic acids is 1. The number of nitrogens with zero attached hydrogens (tertiary/aromatic N) is 1. The van der Waals surface area contributed by atoms with Crippen LogP contribution in [0.5, 0.6) is 0 Å². The summed E-state index contributed by atoms with van der Waals surface area (Å²) in [5.41, 5.74) is 6.48. The van der Waals surface area contributed by atoms with Crippen LogP contribution in [0.1, 0.15) is 25.8 Å². The van der Waals surface area contributed by atoms with E-state index in [2.05, 4.69) is 5.32 Å². The molecule has 1 rings (SSSR count). The predicted molar refractivity (Wildman–Crippen MR) is 72.4 cm³/mol. The lowest BCUT2D eigenvalue weighted by atomic mass is 9.99. The van der Waals surface area contributed by atoms with Gasteiger partial charge >= 0.3 is 0 Å². The molecule has 0 unspecified atom stereocenters. The zero-order valence-corrected chi connectivity index (χ0v) is 11.1. The Morgan fingerprint density at radius 2 is 2.21 bits per heavy atom. The number of nitrogens with two attached hydrogens (primary N) is 1. The van der Waals surface area contributed by atoms with Crippen molar-refractivity contribution in [1.82, 2.24) is 5.32 Å². The number of nitrogens with one attached hydrogen (secondary N) is 1. The molecular formula is C13H19N3O3. The second-order valence-electron chi connectivity index (χ2n) is 4.56. The molecule has 3 N–H and O–H groups in total. The van der Waals surface area contributed by atoms with Gasteiger partial charge in [0.15, 0.2) is 0 Å². The van der Waals surface area contributed by atoms with Gasteiger partial charge in [-0.3, -0.25) is 14.9 Å². The summed E-state index contributed by atoms with van der Waals surface area (Å²) in [4.78, 5) is 21.9. The van der Waals surface area contributed by atoms with Gasteiger partial charge in [0.1, 0.15) is 0 Å². The number of non-ortho nitro benzene ring substituents is 1. The number of rotatable bonds is 6. The van der Waals surface area contributed by atoms with Gasteiger partial charge in [0.2, 0.25) is 5.91 Å². The van der Waals surface area contributed by atoms with Crippen LogP contribution in [0.25, 0.3) is 0 Å². The van der Waals surface area contributed by atoms with Crippen LogP contribution in [-0.4, -0.2) is 16.9 Å². The molecule has 6 heteroatoms. The van der Waals surface area contributed by atoms with E-state index in [0.29, 0.717) is 5.56 Å². The quantitative estimate of drug-likeness (QED) is 0.602. The first-order valence-electron chi connectivity index (χ1n) is 6.22. The highest BCUT2D eigenvalue weighted by molar-refractivity contribution is 5.81. The van der Waals surface area contributed by atoms with Crippen LogP contribution >= 0.6 is 0 Å².